The number of carbonyl (C=O) groups excluding carboxylic acids is 1. The van der Waals surface area contributed by atoms with E-state index in [1.54, 1.807) is 19.2 Å². The zero-order valence-electron chi connectivity index (χ0n) is 13.9. The molecule has 0 aliphatic carbocycles. The van der Waals surface area contributed by atoms with Crippen molar-refractivity contribution in [3.63, 3.8) is 0 Å². The summed E-state index contributed by atoms with van der Waals surface area (Å²) in [6.07, 6.45) is -0.852. The molecule has 3 aromatic rings. The number of amides is 2. The van der Waals surface area contributed by atoms with E-state index in [1.807, 2.05) is 54.6 Å². The van der Waals surface area contributed by atoms with Gasteiger partial charge in [0, 0.05) is 17.5 Å². The summed E-state index contributed by atoms with van der Waals surface area (Å²) in [5.74, 6) is 0.589. The summed E-state index contributed by atoms with van der Waals surface area (Å²) in [6.45, 7) is 0.0803. The zero-order valence-corrected chi connectivity index (χ0v) is 13.9. The van der Waals surface area contributed by atoms with E-state index in [2.05, 4.69) is 10.6 Å². The topological polar surface area (TPSA) is 70.6 Å². The molecule has 25 heavy (non-hydrogen) atoms. The van der Waals surface area contributed by atoms with E-state index in [4.69, 9.17) is 4.74 Å². The van der Waals surface area contributed by atoms with Crippen LogP contribution >= 0.6 is 0 Å². The Morgan fingerprint density at radius 2 is 1.76 bits per heavy atom. The maximum absolute atomic E-state index is 12.2. The SMILES string of the molecule is COc1ccccc1[C@H](O)CNC(=O)Nc1cccc2ccccc12. The summed E-state index contributed by atoms with van der Waals surface area (Å²) in [5, 5.41) is 17.8. The minimum Gasteiger partial charge on any atom is -0.496 e. The van der Waals surface area contributed by atoms with E-state index in [1.165, 1.54) is 0 Å². The summed E-state index contributed by atoms with van der Waals surface area (Å²) < 4.78 is 5.23. The number of aliphatic hydroxyl groups is 1. The number of anilines is 1. The molecule has 128 valence electrons. The second-order valence-electron chi connectivity index (χ2n) is 5.62. The normalized spacial score (nSPS) is 11.8. The Morgan fingerprint density at radius 3 is 2.60 bits per heavy atom. The first kappa shape index (κ1) is 16.8. The summed E-state index contributed by atoms with van der Waals surface area (Å²) in [4.78, 5) is 12.2. The van der Waals surface area contributed by atoms with Crippen LogP contribution in [-0.2, 0) is 0 Å². The van der Waals surface area contributed by atoms with Crippen LogP contribution in [0.4, 0.5) is 10.5 Å². The molecule has 3 N–H and O–H groups in total. The molecule has 0 heterocycles. The molecule has 0 aliphatic heterocycles. The number of benzene rings is 3. The third-order valence-corrected chi connectivity index (χ3v) is 3.99. The second-order valence-corrected chi connectivity index (χ2v) is 5.62. The molecule has 0 spiro atoms. The first-order valence-electron chi connectivity index (χ1n) is 8.02. The molecular formula is C20H20N2O3. The third kappa shape index (κ3) is 3.89. The van der Waals surface area contributed by atoms with Crippen LogP contribution in [0.5, 0.6) is 5.75 Å². The molecule has 0 saturated carbocycles. The van der Waals surface area contributed by atoms with Crippen LogP contribution in [0.1, 0.15) is 11.7 Å². The van der Waals surface area contributed by atoms with Crippen LogP contribution in [0.25, 0.3) is 10.8 Å². The summed E-state index contributed by atoms with van der Waals surface area (Å²) in [7, 11) is 1.55. The van der Waals surface area contributed by atoms with Gasteiger partial charge >= 0.3 is 6.03 Å². The molecule has 0 bridgehead atoms. The van der Waals surface area contributed by atoms with Gasteiger partial charge in [-0.2, -0.15) is 0 Å². The van der Waals surface area contributed by atoms with Gasteiger partial charge in [0.15, 0.2) is 0 Å². The highest BCUT2D eigenvalue weighted by atomic mass is 16.5. The van der Waals surface area contributed by atoms with Gasteiger partial charge in [-0.25, -0.2) is 4.79 Å². The lowest BCUT2D eigenvalue weighted by atomic mass is 10.1. The van der Waals surface area contributed by atoms with Crippen LogP contribution in [0.2, 0.25) is 0 Å². The number of rotatable bonds is 5. The molecular weight excluding hydrogens is 316 g/mol. The maximum atomic E-state index is 12.2. The van der Waals surface area contributed by atoms with Crippen LogP contribution in [0, 0.1) is 0 Å². The highest BCUT2D eigenvalue weighted by Gasteiger charge is 2.14. The quantitative estimate of drug-likeness (QED) is 0.665. The summed E-state index contributed by atoms with van der Waals surface area (Å²) >= 11 is 0. The van der Waals surface area contributed by atoms with E-state index in [0.717, 1.165) is 16.5 Å². The molecule has 3 aromatic carbocycles. The van der Waals surface area contributed by atoms with Gasteiger partial charge < -0.3 is 20.5 Å². The van der Waals surface area contributed by atoms with E-state index < -0.39 is 6.10 Å². The van der Waals surface area contributed by atoms with Gasteiger partial charge in [-0.05, 0) is 17.5 Å². The van der Waals surface area contributed by atoms with Gasteiger partial charge in [-0.3, -0.25) is 0 Å². The summed E-state index contributed by atoms with van der Waals surface area (Å²) in [5.41, 5.74) is 1.36. The predicted octanol–water partition coefficient (Wildman–Crippen LogP) is 3.70. The lowest BCUT2D eigenvalue weighted by molar-refractivity contribution is 0.171. The molecule has 0 aromatic heterocycles. The lowest BCUT2D eigenvalue weighted by Gasteiger charge is -2.16. The lowest BCUT2D eigenvalue weighted by Crippen LogP contribution is -2.32. The van der Waals surface area contributed by atoms with Crippen LogP contribution in [0.15, 0.2) is 66.7 Å². The number of para-hydroxylation sites is 1. The second kappa shape index (κ2) is 7.68. The molecule has 5 nitrogen and oxygen atoms in total. The first-order chi connectivity index (χ1) is 12.2. The largest absolute Gasteiger partial charge is 0.496 e. The molecule has 2 amide bonds. The van der Waals surface area contributed by atoms with Gasteiger partial charge in [0.2, 0.25) is 0 Å². The van der Waals surface area contributed by atoms with Crippen LogP contribution < -0.4 is 15.4 Å². The van der Waals surface area contributed by atoms with E-state index in [-0.39, 0.29) is 12.6 Å². The van der Waals surface area contributed by atoms with Crippen molar-refractivity contribution in [1.82, 2.24) is 5.32 Å². The first-order valence-corrected chi connectivity index (χ1v) is 8.02. The Morgan fingerprint density at radius 1 is 1.04 bits per heavy atom. The Kier molecular flexibility index (Phi) is 5.16. The van der Waals surface area contributed by atoms with E-state index in [9.17, 15) is 9.90 Å². The van der Waals surface area contributed by atoms with Crippen molar-refractivity contribution in [1.29, 1.82) is 0 Å². The molecule has 0 saturated heterocycles. The van der Waals surface area contributed by atoms with Crippen LogP contribution in [0.3, 0.4) is 0 Å². The minimum absolute atomic E-state index is 0.0803. The molecule has 5 heteroatoms. The Bertz CT molecular complexity index is 874. The van der Waals surface area contributed by atoms with E-state index >= 15 is 0 Å². The van der Waals surface area contributed by atoms with Gasteiger partial charge in [-0.15, -0.1) is 0 Å². The molecule has 3 rings (SSSR count). The van der Waals surface area contributed by atoms with Crippen LogP contribution in [-0.4, -0.2) is 24.8 Å². The van der Waals surface area contributed by atoms with Crippen molar-refractivity contribution >= 4 is 22.5 Å². The Labute approximate surface area is 146 Å². The minimum atomic E-state index is -0.852. The predicted molar refractivity (Wildman–Crippen MR) is 98.9 cm³/mol. The van der Waals surface area contributed by atoms with Gasteiger partial charge in [0.1, 0.15) is 5.75 Å². The number of fused-ring (bicyclic) bond motifs is 1. The number of ether oxygens (including phenoxy) is 1. The highest BCUT2D eigenvalue weighted by Crippen LogP contribution is 2.25. The van der Waals surface area contributed by atoms with Crippen molar-refractivity contribution in [2.45, 2.75) is 6.10 Å². The number of methoxy groups -OCH3 is 1. The fraction of sp³-hybridized carbons (Fsp3) is 0.150. The number of hydrogen-bond acceptors (Lipinski definition) is 3. The van der Waals surface area contributed by atoms with Crippen molar-refractivity contribution < 1.29 is 14.6 Å². The van der Waals surface area contributed by atoms with Gasteiger partial charge in [0.25, 0.3) is 0 Å². The fourth-order valence-corrected chi connectivity index (χ4v) is 2.74. The average molecular weight is 336 g/mol. The van der Waals surface area contributed by atoms with Crippen molar-refractivity contribution in [3.05, 3.63) is 72.3 Å². The molecule has 0 fully saturated rings. The van der Waals surface area contributed by atoms with Crippen molar-refractivity contribution in [3.8, 4) is 5.75 Å². The van der Waals surface area contributed by atoms with Gasteiger partial charge in [0.05, 0.1) is 18.9 Å². The Balaban J connectivity index is 1.65. The zero-order chi connectivity index (χ0) is 17.6. The maximum Gasteiger partial charge on any atom is 0.319 e. The fourth-order valence-electron chi connectivity index (χ4n) is 2.74. The third-order valence-electron chi connectivity index (χ3n) is 3.99. The highest BCUT2D eigenvalue weighted by molar-refractivity contribution is 6.01. The molecule has 0 radical (unpaired) electrons. The Hall–Kier alpha value is -3.05. The average Bonchev–Trinajstić information content (AvgIpc) is 2.66. The number of carbonyl (C=O) groups is 1. The van der Waals surface area contributed by atoms with E-state index in [0.29, 0.717) is 11.3 Å². The van der Waals surface area contributed by atoms with Crippen molar-refractivity contribution in [2.75, 3.05) is 19.0 Å². The van der Waals surface area contributed by atoms with Crippen molar-refractivity contribution in [2.24, 2.45) is 0 Å². The number of aliphatic hydroxyl groups excluding tert-OH is 1. The number of hydrogen-bond donors (Lipinski definition) is 3. The number of nitrogens with one attached hydrogen (secondary N) is 2. The molecule has 1 atom stereocenters. The standard InChI is InChI=1S/C20H20N2O3/c1-25-19-12-5-4-10-16(19)18(23)13-21-20(24)22-17-11-6-8-14-7-2-3-9-15(14)17/h2-12,18,23H,13H2,1H3,(H2,21,22,24)/t18-/m1/s1. The number of urea groups is 1. The monoisotopic (exact) mass is 336 g/mol. The molecule has 0 unspecified atom stereocenters. The van der Waals surface area contributed by atoms with Gasteiger partial charge in [-0.1, -0.05) is 54.6 Å². The summed E-state index contributed by atoms with van der Waals surface area (Å²) in [6, 6.07) is 20.4. The smallest absolute Gasteiger partial charge is 0.319 e. The molecule has 0 aliphatic rings.